The van der Waals surface area contributed by atoms with Crippen molar-refractivity contribution in [3.63, 3.8) is 0 Å². The van der Waals surface area contributed by atoms with E-state index in [4.69, 9.17) is 4.74 Å². The Morgan fingerprint density at radius 3 is 1.66 bits per heavy atom. The zero-order valence-corrected chi connectivity index (χ0v) is 27.0. The maximum Gasteiger partial charge on any atom is 0.340 e. The zero-order chi connectivity index (χ0) is 30.1. The molecule has 1 aliphatic heterocycles. The van der Waals surface area contributed by atoms with Gasteiger partial charge in [-0.3, -0.25) is 0 Å². The quantitative estimate of drug-likeness (QED) is 0.175. The van der Waals surface area contributed by atoms with Crippen molar-refractivity contribution >= 4 is 43.8 Å². The number of phenols is 2. The largest absolute Gasteiger partial charge is 0.507 e. The number of carbonyl (C=O) groups is 2. The van der Waals surface area contributed by atoms with Crippen LogP contribution in [0.1, 0.15) is 113 Å². The normalized spacial score (nSPS) is 13.8. The van der Waals surface area contributed by atoms with Gasteiger partial charge in [-0.05, 0) is 72.2 Å². The minimum absolute atomic E-state index is 0.0142. The van der Waals surface area contributed by atoms with Crippen molar-refractivity contribution in [3.05, 3.63) is 89.3 Å². The SMILES string of the molecule is CCCc1cc(Br)c(CCC)c(C2(c3c(O)c(CCC)cc(Br)c3CCC)OC(=O)c3cc(C(=O)O)ccc32)c1O. The zero-order valence-electron chi connectivity index (χ0n) is 23.9. The lowest BCUT2D eigenvalue weighted by atomic mass is 9.73. The van der Waals surface area contributed by atoms with E-state index in [9.17, 15) is 24.9 Å². The van der Waals surface area contributed by atoms with Crippen molar-refractivity contribution in [2.75, 3.05) is 0 Å². The number of esters is 1. The standard InChI is InChI=1S/C33H36Br2O6/c1-5-9-18-16-25(34)21(11-7-3)27(29(18)36)33(24-14-13-20(31(38)39)15-23(24)32(40)41-33)28-22(12-8-4)26(35)17-19(10-6-2)30(28)37/h13-17,36-37H,5-12H2,1-4H3,(H,38,39). The van der Waals surface area contributed by atoms with E-state index >= 15 is 0 Å². The van der Waals surface area contributed by atoms with Gasteiger partial charge in [-0.25, -0.2) is 9.59 Å². The van der Waals surface area contributed by atoms with Crippen molar-refractivity contribution in [2.24, 2.45) is 0 Å². The summed E-state index contributed by atoms with van der Waals surface area (Å²) in [5, 5.41) is 33.8. The number of carboxylic acid groups (broad SMARTS) is 1. The number of carbonyl (C=O) groups excluding carboxylic acids is 1. The van der Waals surface area contributed by atoms with Gasteiger partial charge in [0, 0.05) is 14.5 Å². The molecule has 3 N–H and O–H groups in total. The number of benzene rings is 3. The van der Waals surface area contributed by atoms with Crippen LogP contribution in [0.25, 0.3) is 0 Å². The molecular formula is C33H36Br2O6. The maximum absolute atomic E-state index is 13.8. The maximum atomic E-state index is 13.8. The van der Waals surface area contributed by atoms with E-state index in [0.717, 1.165) is 45.8 Å². The number of rotatable bonds is 11. The summed E-state index contributed by atoms with van der Waals surface area (Å²) < 4.78 is 8.00. The fourth-order valence-electron chi connectivity index (χ4n) is 6.03. The van der Waals surface area contributed by atoms with Crippen molar-refractivity contribution in [2.45, 2.75) is 84.7 Å². The lowest BCUT2D eigenvalue weighted by molar-refractivity contribution is 0.0233. The average molecular weight is 688 g/mol. The van der Waals surface area contributed by atoms with Crippen LogP contribution in [-0.4, -0.2) is 27.3 Å². The van der Waals surface area contributed by atoms with Gasteiger partial charge >= 0.3 is 11.9 Å². The highest BCUT2D eigenvalue weighted by atomic mass is 79.9. The number of hydrogen-bond acceptors (Lipinski definition) is 5. The van der Waals surface area contributed by atoms with Gasteiger partial charge < -0.3 is 20.1 Å². The van der Waals surface area contributed by atoms with Gasteiger partial charge in [0.2, 0.25) is 0 Å². The molecule has 1 aliphatic rings. The van der Waals surface area contributed by atoms with Crippen LogP contribution >= 0.6 is 31.9 Å². The molecule has 3 aromatic carbocycles. The summed E-state index contributed by atoms with van der Waals surface area (Å²) in [6.07, 6.45) is 5.37. The minimum Gasteiger partial charge on any atom is -0.507 e. The Morgan fingerprint density at radius 1 is 0.780 bits per heavy atom. The number of cyclic esters (lactones) is 1. The number of fused-ring (bicyclic) bond motifs is 1. The van der Waals surface area contributed by atoms with Gasteiger partial charge in [0.05, 0.1) is 22.3 Å². The van der Waals surface area contributed by atoms with Gasteiger partial charge in [0.15, 0.2) is 5.60 Å². The van der Waals surface area contributed by atoms with Crippen LogP contribution in [0.2, 0.25) is 0 Å². The first kappa shape index (κ1) is 31.1. The molecule has 0 unspecified atom stereocenters. The highest BCUT2D eigenvalue weighted by molar-refractivity contribution is 9.10. The first-order chi connectivity index (χ1) is 19.6. The molecule has 0 aromatic heterocycles. The molecule has 218 valence electrons. The second kappa shape index (κ2) is 12.6. The molecule has 0 amide bonds. The first-order valence-corrected chi connectivity index (χ1v) is 15.8. The Kier molecular flexibility index (Phi) is 9.54. The van der Waals surface area contributed by atoms with Gasteiger partial charge in [0.25, 0.3) is 0 Å². The first-order valence-electron chi connectivity index (χ1n) is 14.3. The molecule has 0 atom stereocenters. The van der Waals surface area contributed by atoms with Crippen molar-refractivity contribution < 1.29 is 29.6 Å². The number of ether oxygens (including phenoxy) is 1. The van der Waals surface area contributed by atoms with E-state index in [1.807, 2.05) is 39.8 Å². The molecule has 0 radical (unpaired) electrons. The Bertz CT molecular complexity index is 1440. The fourth-order valence-corrected chi connectivity index (χ4v) is 7.37. The number of halogens is 2. The Balaban J connectivity index is 2.30. The number of aromatic hydroxyl groups is 2. The topological polar surface area (TPSA) is 104 Å². The van der Waals surface area contributed by atoms with E-state index in [1.54, 1.807) is 6.07 Å². The van der Waals surface area contributed by atoms with Crippen molar-refractivity contribution in [1.82, 2.24) is 0 Å². The van der Waals surface area contributed by atoms with Crippen LogP contribution < -0.4 is 0 Å². The van der Waals surface area contributed by atoms with E-state index < -0.39 is 17.5 Å². The lowest BCUT2D eigenvalue weighted by Crippen LogP contribution is -2.33. The second-order valence-electron chi connectivity index (χ2n) is 10.6. The lowest BCUT2D eigenvalue weighted by Gasteiger charge is -2.36. The number of hydrogen-bond donors (Lipinski definition) is 3. The predicted molar refractivity (Wildman–Crippen MR) is 166 cm³/mol. The van der Waals surface area contributed by atoms with Crippen LogP contribution in [0.15, 0.2) is 39.3 Å². The van der Waals surface area contributed by atoms with Crippen molar-refractivity contribution in [3.8, 4) is 11.5 Å². The summed E-state index contributed by atoms with van der Waals surface area (Å²) >= 11 is 7.51. The summed E-state index contributed by atoms with van der Waals surface area (Å²) in [5.41, 5.74) is 2.47. The van der Waals surface area contributed by atoms with Gasteiger partial charge in [-0.1, -0.05) is 91.3 Å². The highest BCUT2D eigenvalue weighted by Crippen LogP contribution is 2.57. The van der Waals surface area contributed by atoms with Crippen molar-refractivity contribution in [1.29, 1.82) is 0 Å². The predicted octanol–water partition coefficient (Wildman–Crippen LogP) is 8.59. The summed E-state index contributed by atoms with van der Waals surface area (Å²) in [5.74, 6) is -1.84. The highest BCUT2D eigenvalue weighted by Gasteiger charge is 2.54. The molecule has 0 spiro atoms. The number of phenolic OH excluding ortho intramolecular Hbond substituents is 2. The minimum atomic E-state index is -1.72. The molecular weight excluding hydrogens is 652 g/mol. The molecule has 41 heavy (non-hydrogen) atoms. The Hall–Kier alpha value is -2.84. The third-order valence-corrected chi connectivity index (χ3v) is 9.13. The van der Waals surface area contributed by atoms with Crippen LogP contribution in [0.4, 0.5) is 0 Å². The number of carboxylic acids is 1. The molecule has 0 fully saturated rings. The van der Waals surface area contributed by atoms with E-state index in [1.165, 1.54) is 12.1 Å². The van der Waals surface area contributed by atoms with Crippen LogP contribution in [0, 0.1) is 0 Å². The van der Waals surface area contributed by atoms with Gasteiger partial charge in [-0.2, -0.15) is 0 Å². The number of aromatic carboxylic acids is 1. The van der Waals surface area contributed by atoms with Crippen LogP contribution in [0.5, 0.6) is 11.5 Å². The molecule has 3 aromatic rings. The molecule has 4 rings (SSSR count). The van der Waals surface area contributed by atoms with Gasteiger partial charge in [-0.15, -0.1) is 0 Å². The van der Waals surface area contributed by atoms with Crippen LogP contribution in [-0.2, 0) is 36.0 Å². The molecule has 0 aliphatic carbocycles. The third kappa shape index (κ3) is 5.29. The summed E-state index contributed by atoms with van der Waals surface area (Å²) in [7, 11) is 0. The molecule has 8 heteroatoms. The Labute approximate surface area is 258 Å². The molecule has 0 saturated carbocycles. The van der Waals surface area contributed by atoms with Gasteiger partial charge in [0.1, 0.15) is 11.5 Å². The molecule has 6 nitrogen and oxygen atoms in total. The third-order valence-electron chi connectivity index (χ3n) is 7.72. The summed E-state index contributed by atoms with van der Waals surface area (Å²) in [4.78, 5) is 25.6. The molecule has 0 saturated heterocycles. The molecule has 0 bridgehead atoms. The summed E-state index contributed by atoms with van der Waals surface area (Å²) in [6.45, 7) is 8.12. The fraction of sp³-hybridized carbons (Fsp3) is 0.394. The van der Waals surface area contributed by atoms with E-state index in [2.05, 4.69) is 31.9 Å². The summed E-state index contributed by atoms with van der Waals surface area (Å²) in [6, 6.07) is 8.20. The second-order valence-corrected chi connectivity index (χ2v) is 12.3. The van der Waals surface area contributed by atoms with E-state index in [-0.39, 0.29) is 22.6 Å². The van der Waals surface area contributed by atoms with Crippen LogP contribution in [0.3, 0.4) is 0 Å². The molecule has 1 heterocycles. The Morgan fingerprint density at radius 2 is 1.24 bits per heavy atom. The van der Waals surface area contributed by atoms with E-state index in [0.29, 0.717) is 53.5 Å². The monoisotopic (exact) mass is 686 g/mol. The average Bonchev–Trinajstić information content (AvgIpc) is 3.22. The smallest absolute Gasteiger partial charge is 0.340 e. The number of aryl methyl sites for hydroxylation is 2.